The number of nitrogens with zero attached hydrogens (tertiary/aromatic N) is 1. The van der Waals surface area contributed by atoms with Crippen LogP contribution in [-0.2, 0) is 4.79 Å². The van der Waals surface area contributed by atoms with Crippen molar-refractivity contribution in [2.24, 2.45) is 5.92 Å². The Balaban J connectivity index is 2.53. The first-order valence-electron chi connectivity index (χ1n) is 7.04. The fraction of sp³-hybridized carbons (Fsp3) is 0.929. The average Bonchev–Trinajstić information content (AvgIpc) is 2.36. The van der Waals surface area contributed by atoms with Gasteiger partial charge in [0.1, 0.15) is 0 Å². The minimum absolute atomic E-state index is 0.312. The average molecular weight is 260 g/mol. The minimum atomic E-state index is 0.312. The maximum absolute atomic E-state index is 12.3. The molecular formula is C14H26ClNO. The fourth-order valence-corrected chi connectivity index (χ4v) is 2.74. The number of hydrogen-bond acceptors (Lipinski definition) is 1. The van der Waals surface area contributed by atoms with Crippen molar-refractivity contribution in [3.63, 3.8) is 0 Å². The molecule has 1 aliphatic rings. The van der Waals surface area contributed by atoms with Crippen molar-refractivity contribution in [3.8, 4) is 0 Å². The Morgan fingerprint density at radius 3 is 2.53 bits per heavy atom. The first kappa shape index (κ1) is 14.8. The molecule has 0 aliphatic heterocycles. The smallest absolute Gasteiger partial charge is 0.223 e. The van der Waals surface area contributed by atoms with Gasteiger partial charge in [-0.05, 0) is 18.8 Å². The maximum atomic E-state index is 12.3. The molecule has 0 aromatic heterocycles. The monoisotopic (exact) mass is 259 g/mol. The van der Waals surface area contributed by atoms with E-state index in [-0.39, 0.29) is 0 Å². The summed E-state index contributed by atoms with van der Waals surface area (Å²) < 4.78 is 0. The summed E-state index contributed by atoms with van der Waals surface area (Å²) in [4.78, 5) is 14.3. The van der Waals surface area contributed by atoms with Gasteiger partial charge in [-0.15, -0.1) is 11.6 Å². The third kappa shape index (κ3) is 4.87. The molecule has 0 saturated heterocycles. The lowest BCUT2D eigenvalue weighted by molar-refractivity contribution is -0.134. The highest BCUT2D eigenvalue weighted by Crippen LogP contribution is 2.24. The van der Waals surface area contributed by atoms with Gasteiger partial charge in [-0.25, -0.2) is 0 Å². The lowest BCUT2D eigenvalue weighted by atomic mass is 9.93. The van der Waals surface area contributed by atoms with Crippen LogP contribution < -0.4 is 0 Å². The molecule has 0 aromatic rings. The second kappa shape index (κ2) is 7.97. The highest BCUT2D eigenvalue weighted by atomic mass is 35.5. The van der Waals surface area contributed by atoms with Crippen LogP contribution in [0.25, 0.3) is 0 Å². The Morgan fingerprint density at radius 2 is 2.00 bits per heavy atom. The Hall–Kier alpha value is -0.240. The standard InChI is InChI=1S/C14H26ClNO/c1-3-12(2)11-14(17)16(10-9-15)13-7-5-4-6-8-13/h12-13H,3-11H2,1-2H3. The van der Waals surface area contributed by atoms with E-state index in [4.69, 9.17) is 11.6 Å². The van der Waals surface area contributed by atoms with Crippen LogP contribution >= 0.6 is 11.6 Å². The molecule has 0 spiro atoms. The van der Waals surface area contributed by atoms with Crippen molar-refractivity contribution in [3.05, 3.63) is 0 Å². The number of carbonyl (C=O) groups is 1. The van der Waals surface area contributed by atoms with Gasteiger partial charge in [0.05, 0.1) is 0 Å². The summed E-state index contributed by atoms with van der Waals surface area (Å²) in [6, 6.07) is 0.457. The van der Waals surface area contributed by atoms with E-state index in [0.29, 0.717) is 30.2 Å². The number of amides is 1. The predicted molar refractivity (Wildman–Crippen MR) is 73.4 cm³/mol. The molecule has 1 rings (SSSR count). The van der Waals surface area contributed by atoms with Gasteiger partial charge in [-0.1, -0.05) is 39.5 Å². The van der Waals surface area contributed by atoms with Gasteiger partial charge in [0.2, 0.25) is 5.91 Å². The molecule has 1 fully saturated rings. The molecule has 1 atom stereocenters. The van der Waals surface area contributed by atoms with Gasteiger partial charge in [0, 0.05) is 24.9 Å². The van der Waals surface area contributed by atoms with E-state index in [1.807, 2.05) is 0 Å². The topological polar surface area (TPSA) is 20.3 Å². The maximum Gasteiger partial charge on any atom is 0.223 e. The van der Waals surface area contributed by atoms with E-state index in [0.717, 1.165) is 13.0 Å². The van der Waals surface area contributed by atoms with Crippen LogP contribution in [0.4, 0.5) is 0 Å². The van der Waals surface area contributed by atoms with Crippen molar-refractivity contribution in [1.29, 1.82) is 0 Å². The van der Waals surface area contributed by atoms with Gasteiger partial charge in [0.15, 0.2) is 0 Å². The summed E-state index contributed by atoms with van der Waals surface area (Å²) in [5, 5.41) is 0. The summed E-state index contributed by atoms with van der Waals surface area (Å²) in [5.41, 5.74) is 0. The number of halogens is 1. The zero-order valence-corrected chi connectivity index (χ0v) is 12.0. The molecule has 1 unspecified atom stereocenters. The summed E-state index contributed by atoms with van der Waals surface area (Å²) in [5.74, 6) is 1.36. The van der Waals surface area contributed by atoms with Crippen molar-refractivity contribution in [2.75, 3.05) is 12.4 Å². The lowest BCUT2D eigenvalue weighted by Crippen LogP contribution is -2.43. The van der Waals surface area contributed by atoms with Gasteiger partial charge < -0.3 is 4.90 Å². The summed E-state index contributed by atoms with van der Waals surface area (Å²) in [6.07, 6.45) is 7.95. The molecule has 1 aliphatic carbocycles. The molecule has 0 bridgehead atoms. The van der Waals surface area contributed by atoms with E-state index in [1.165, 1.54) is 32.1 Å². The second-order valence-corrected chi connectivity index (χ2v) is 5.66. The number of rotatable bonds is 6. The minimum Gasteiger partial charge on any atom is -0.339 e. The van der Waals surface area contributed by atoms with Crippen molar-refractivity contribution in [2.45, 2.75) is 64.8 Å². The van der Waals surface area contributed by atoms with E-state index in [2.05, 4.69) is 18.7 Å². The first-order chi connectivity index (χ1) is 8.19. The molecule has 100 valence electrons. The Kier molecular flexibility index (Phi) is 6.94. The Bertz CT molecular complexity index is 226. The quantitative estimate of drug-likeness (QED) is 0.664. The molecule has 17 heavy (non-hydrogen) atoms. The normalized spacial score (nSPS) is 19.0. The van der Waals surface area contributed by atoms with Gasteiger partial charge in [0.25, 0.3) is 0 Å². The van der Waals surface area contributed by atoms with E-state index in [1.54, 1.807) is 0 Å². The third-order valence-corrected chi connectivity index (χ3v) is 4.05. The highest BCUT2D eigenvalue weighted by Gasteiger charge is 2.25. The van der Waals surface area contributed by atoms with Crippen LogP contribution in [0.5, 0.6) is 0 Å². The van der Waals surface area contributed by atoms with Crippen LogP contribution in [0.3, 0.4) is 0 Å². The molecule has 0 heterocycles. The second-order valence-electron chi connectivity index (χ2n) is 5.29. The first-order valence-corrected chi connectivity index (χ1v) is 7.57. The molecule has 3 heteroatoms. The molecule has 0 aromatic carbocycles. The summed E-state index contributed by atoms with van der Waals surface area (Å²) >= 11 is 5.84. The Morgan fingerprint density at radius 1 is 1.35 bits per heavy atom. The third-order valence-electron chi connectivity index (χ3n) is 3.88. The predicted octanol–water partition coefficient (Wildman–Crippen LogP) is 3.82. The van der Waals surface area contributed by atoms with Gasteiger partial charge in [-0.3, -0.25) is 4.79 Å². The van der Waals surface area contributed by atoms with Gasteiger partial charge >= 0.3 is 0 Å². The summed E-state index contributed by atoms with van der Waals surface area (Å²) in [7, 11) is 0. The Labute approximate surface area is 111 Å². The fourth-order valence-electron chi connectivity index (χ4n) is 2.55. The van der Waals surface area contributed by atoms with Crippen LogP contribution in [0.1, 0.15) is 58.8 Å². The molecule has 1 saturated carbocycles. The molecular weight excluding hydrogens is 234 g/mol. The van der Waals surface area contributed by atoms with E-state index in [9.17, 15) is 4.79 Å². The largest absolute Gasteiger partial charge is 0.339 e. The number of hydrogen-bond donors (Lipinski definition) is 0. The summed E-state index contributed by atoms with van der Waals surface area (Å²) in [6.45, 7) is 5.02. The molecule has 1 amide bonds. The van der Waals surface area contributed by atoms with Crippen LogP contribution in [0.15, 0.2) is 0 Å². The van der Waals surface area contributed by atoms with Crippen molar-refractivity contribution >= 4 is 17.5 Å². The van der Waals surface area contributed by atoms with Crippen molar-refractivity contribution < 1.29 is 4.79 Å². The van der Waals surface area contributed by atoms with E-state index >= 15 is 0 Å². The van der Waals surface area contributed by atoms with Crippen molar-refractivity contribution in [1.82, 2.24) is 4.90 Å². The number of carbonyl (C=O) groups excluding carboxylic acids is 1. The molecule has 0 N–H and O–H groups in total. The van der Waals surface area contributed by atoms with E-state index < -0.39 is 0 Å². The van der Waals surface area contributed by atoms with Crippen LogP contribution in [0.2, 0.25) is 0 Å². The van der Waals surface area contributed by atoms with Gasteiger partial charge in [-0.2, -0.15) is 0 Å². The lowest BCUT2D eigenvalue weighted by Gasteiger charge is -2.34. The zero-order chi connectivity index (χ0) is 12.7. The zero-order valence-electron chi connectivity index (χ0n) is 11.3. The molecule has 2 nitrogen and oxygen atoms in total. The highest BCUT2D eigenvalue weighted by molar-refractivity contribution is 6.18. The molecule has 0 radical (unpaired) electrons. The van der Waals surface area contributed by atoms with Crippen LogP contribution in [-0.4, -0.2) is 29.3 Å². The van der Waals surface area contributed by atoms with Crippen LogP contribution in [0, 0.1) is 5.92 Å². The SMILES string of the molecule is CCC(C)CC(=O)N(CCCl)C1CCCCC1. The number of alkyl halides is 1.